The number of carboxylic acid groups (broad SMARTS) is 1. The molecular weight excluding hydrogens is 340 g/mol. The quantitative estimate of drug-likeness (QED) is 0.327. The maximum Gasteiger partial charge on any atom is 0.352 e. The molecule has 0 bridgehead atoms. The number of nitrogens with zero attached hydrogens (tertiary/aromatic N) is 3. The average molecular weight is 354 g/mol. The maximum absolute atomic E-state index is 11.8. The maximum atomic E-state index is 11.8. The zero-order chi connectivity index (χ0) is 16.7. The third-order valence-electron chi connectivity index (χ3n) is 3.64. The summed E-state index contributed by atoms with van der Waals surface area (Å²) in [5, 5.41) is 24.9. The lowest BCUT2D eigenvalue weighted by atomic mass is 10.0. The second kappa shape index (κ2) is 6.02. The van der Waals surface area contributed by atoms with Crippen LogP contribution in [0.3, 0.4) is 0 Å². The number of carbonyl (C=O) groups excluding carboxylic acids is 1. The summed E-state index contributed by atoms with van der Waals surface area (Å²) in [5.41, 5.74) is 6.82. The highest BCUT2D eigenvalue weighted by Crippen LogP contribution is 2.40. The van der Waals surface area contributed by atoms with Crippen LogP contribution in [0.5, 0.6) is 0 Å². The van der Waals surface area contributed by atoms with E-state index in [1.165, 1.54) is 28.4 Å². The molecule has 0 aliphatic carbocycles. The minimum absolute atomic E-state index is 0.00932. The number of carbonyl (C=O) groups is 2. The van der Waals surface area contributed by atoms with E-state index < -0.39 is 12.0 Å². The Morgan fingerprint density at radius 3 is 3.04 bits per heavy atom. The summed E-state index contributed by atoms with van der Waals surface area (Å²) in [6.07, 6.45) is 0. The minimum Gasteiger partial charge on any atom is -0.594 e. The van der Waals surface area contributed by atoms with E-state index in [4.69, 9.17) is 5.73 Å². The van der Waals surface area contributed by atoms with Gasteiger partial charge in [-0.05, 0) is 11.6 Å². The first-order valence-corrected chi connectivity index (χ1v) is 8.79. The molecule has 0 saturated carbocycles. The van der Waals surface area contributed by atoms with Gasteiger partial charge in [0.25, 0.3) is 0 Å². The molecule has 10 heteroatoms. The van der Waals surface area contributed by atoms with Gasteiger partial charge < -0.3 is 16.0 Å². The monoisotopic (exact) mass is 354 g/mol. The lowest BCUT2D eigenvalue weighted by Crippen LogP contribution is -2.68. The van der Waals surface area contributed by atoms with Crippen molar-refractivity contribution in [1.29, 1.82) is 0 Å². The molecular formula is C13H14N4O4S2. The van der Waals surface area contributed by atoms with E-state index in [0.717, 1.165) is 0 Å². The highest BCUT2D eigenvalue weighted by atomic mass is 32.2. The average Bonchev–Trinajstić information content (AvgIpc) is 2.54. The third-order valence-corrected chi connectivity index (χ3v) is 6.01. The molecule has 3 rings (SSSR count). The minimum atomic E-state index is -1.14. The summed E-state index contributed by atoms with van der Waals surface area (Å²) < 4.78 is 0. The van der Waals surface area contributed by atoms with Gasteiger partial charge in [-0.3, -0.25) is 9.69 Å². The van der Waals surface area contributed by atoms with Crippen molar-refractivity contribution < 1.29 is 19.5 Å². The number of thioether (sulfide) groups is 2. The first kappa shape index (κ1) is 16.1. The molecule has 2 aliphatic heterocycles. The van der Waals surface area contributed by atoms with Gasteiger partial charge in [0.1, 0.15) is 17.1 Å². The van der Waals surface area contributed by atoms with E-state index in [0.29, 0.717) is 32.6 Å². The van der Waals surface area contributed by atoms with Crippen molar-refractivity contribution in [2.24, 2.45) is 5.73 Å². The van der Waals surface area contributed by atoms with Crippen molar-refractivity contribution in [2.75, 3.05) is 11.5 Å². The fourth-order valence-electron chi connectivity index (χ4n) is 2.39. The lowest BCUT2D eigenvalue weighted by Gasteiger charge is -2.48. The zero-order valence-electron chi connectivity index (χ0n) is 12.1. The Morgan fingerprint density at radius 2 is 2.39 bits per heavy atom. The molecule has 2 atom stereocenters. The van der Waals surface area contributed by atoms with Crippen LogP contribution in [0.25, 0.3) is 0 Å². The molecule has 0 spiro atoms. The Balaban J connectivity index is 1.81. The Hall–Kier alpha value is -1.78. The molecule has 1 aromatic rings. The highest BCUT2D eigenvalue weighted by molar-refractivity contribution is 8.01. The Bertz CT molecular complexity index is 724. The van der Waals surface area contributed by atoms with Crippen molar-refractivity contribution >= 4 is 35.4 Å². The normalized spacial score (nSPS) is 23.6. The molecule has 3 N–H and O–H groups in total. The number of hydrogen-bond donors (Lipinski definition) is 2. The number of amides is 1. The van der Waals surface area contributed by atoms with E-state index >= 15 is 0 Å². The zero-order valence-corrected chi connectivity index (χ0v) is 13.8. The van der Waals surface area contributed by atoms with E-state index in [-0.39, 0.29) is 17.0 Å². The highest BCUT2D eigenvalue weighted by Gasteiger charge is 2.51. The van der Waals surface area contributed by atoms with Crippen LogP contribution in [-0.2, 0) is 9.59 Å². The van der Waals surface area contributed by atoms with Crippen molar-refractivity contribution in [2.45, 2.75) is 23.4 Å². The summed E-state index contributed by atoms with van der Waals surface area (Å²) in [4.78, 5) is 25.2. The van der Waals surface area contributed by atoms with Gasteiger partial charge in [0, 0.05) is 29.6 Å². The standard InChI is InChI=1S/C13H14N4O4S2/c1-6-2-3-8(15-17(6)21)22-4-7-5-23-12-9(14)11(18)16(12)10(7)13(19)20/h2-3,9,12H,4-5,14H2,1H3,(H,19,20)/t9?,12-/m0/s1. The molecule has 0 aromatic carbocycles. The van der Waals surface area contributed by atoms with Gasteiger partial charge in [0.15, 0.2) is 5.03 Å². The van der Waals surface area contributed by atoms with Crippen LogP contribution < -0.4 is 10.6 Å². The van der Waals surface area contributed by atoms with E-state index in [9.17, 15) is 19.9 Å². The molecule has 23 heavy (non-hydrogen) atoms. The van der Waals surface area contributed by atoms with Gasteiger partial charge in [-0.1, -0.05) is 16.6 Å². The Morgan fingerprint density at radius 1 is 1.65 bits per heavy atom. The smallest absolute Gasteiger partial charge is 0.352 e. The third kappa shape index (κ3) is 2.77. The van der Waals surface area contributed by atoms with Gasteiger partial charge in [0.05, 0.1) is 0 Å². The summed E-state index contributed by atoms with van der Waals surface area (Å²) in [6.45, 7) is 1.65. The topological polar surface area (TPSA) is 123 Å². The first-order chi connectivity index (χ1) is 10.9. The largest absolute Gasteiger partial charge is 0.594 e. The number of nitrogens with two attached hydrogens (primary N) is 1. The second-order valence-corrected chi connectivity index (χ2v) is 7.27. The molecule has 1 fully saturated rings. The van der Waals surface area contributed by atoms with Crippen LogP contribution in [0.15, 0.2) is 28.4 Å². The molecule has 122 valence electrons. The predicted molar refractivity (Wildman–Crippen MR) is 84.4 cm³/mol. The van der Waals surface area contributed by atoms with Crippen molar-refractivity contribution in [1.82, 2.24) is 10.00 Å². The number of hydrogen-bond acceptors (Lipinski definition) is 7. The van der Waals surface area contributed by atoms with Crippen molar-refractivity contribution in [3.63, 3.8) is 0 Å². The summed E-state index contributed by atoms with van der Waals surface area (Å²) in [5.74, 6) is -0.675. The molecule has 2 aliphatic rings. The Labute approximate surface area is 140 Å². The SMILES string of the molecule is Cc1ccc(SCC2=C(C(=O)O)N3C(=O)C(N)[C@@H]3SC2)n[n+]1[O-]. The molecule has 1 saturated heterocycles. The van der Waals surface area contributed by atoms with Crippen LogP contribution in [-0.4, -0.2) is 49.9 Å². The molecule has 0 radical (unpaired) electrons. The van der Waals surface area contributed by atoms with Gasteiger partial charge in [0.2, 0.25) is 11.6 Å². The fraction of sp³-hybridized carbons (Fsp3) is 0.385. The molecule has 1 aromatic heterocycles. The lowest BCUT2D eigenvalue weighted by molar-refractivity contribution is -0.679. The first-order valence-electron chi connectivity index (χ1n) is 6.76. The number of aliphatic carboxylic acids is 1. The van der Waals surface area contributed by atoms with Gasteiger partial charge >= 0.3 is 5.97 Å². The Kier molecular flexibility index (Phi) is 4.21. The van der Waals surface area contributed by atoms with E-state index in [1.54, 1.807) is 19.1 Å². The predicted octanol–water partition coefficient (Wildman–Crippen LogP) is -0.303. The summed E-state index contributed by atoms with van der Waals surface area (Å²) in [7, 11) is 0. The molecule has 1 amide bonds. The number of β-lactam (4-membered cyclic amide) rings is 1. The van der Waals surface area contributed by atoms with Crippen LogP contribution >= 0.6 is 23.5 Å². The number of aryl methyl sites for hydroxylation is 1. The van der Waals surface area contributed by atoms with E-state index in [2.05, 4.69) is 5.10 Å². The second-order valence-electron chi connectivity index (χ2n) is 5.17. The van der Waals surface area contributed by atoms with Gasteiger partial charge in [-0.25, -0.2) is 4.79 Å². The molecule has 1 unspecified atom stereocenters. The van der Waals surface area contributed by atoms with Crippen molar-refractivity contribution in [3.05, 3.63) is 34.3 Å². The van der Waals surface area contributed by atoms with Crippen molar-refractivity contribution in [3.8, 4) is 0 Å². The number of rotatable bonds is 4. The number of aromatic nitrogens is 2. The summed E-state index contributed by atoms with van der Waals surface area (Å²) >= 11 is 2.72. The van der Waals surface area contributed by atoms with Gasteiger partial charge in [-0.2, -0.15) is 0 Å². The fourth-order valence-corrected chi connectivity index (χ4v) is 4.67. The molecule has 8 nitrogen and oxygen atoms in total. The van der Waals surface area contributed by atoms with Crippen LogP contribution in [0.4, 0.5) is 0 Å². The van der Waals surface area contributed by atoms with Crippen LogP contribution in [0.1, 0.15) is 5.69 Å². The van der Waals surface area contributed by atoms with Crippen LogP contribution in [0.2, 0.25) is 0 Å². The van der Waals surface area contributed by atoms with Crippen LogP contribution in [0, 0.1) is 12.1 Å². The number of carboxylic acids is 1. The number of fused-ring (bicyclic) bond motifs is 1. The van der Waals surface area contributed by atoms with E-state index in [1.807, 2.05) is 0 Å². The molecule has 3 heterocycles. The summed E-state index contributed by atoms with van der Waals surface area (Å²) in [6, 6.07) is 2.72. The van der Waals surface area contributed by atoms with Gasteiger partial charge in [-0.15, -0.1) is 11.8 Å².